The Balaban J connectivity index is 1.95. The van der Waals surface area contributed by atoms with Crippen molar-refractivity contribution in [2.45, 2.75) is 24.3 Å². The minimum Gasteiger partial charge on any atom is -0.490 e. The molecule has 1 nitrogen and oxygen atoms in total. The van der Waals surface area contributed by atoms with Crippen LogP contribution in [0.1, 0.15) is 28.4 Å². The van der Waals surface area contributed by atoms with Crippen LogP contribution >= 0.6 is 27.5 Å². The maximum Gasteiger partial charge on any atom is 0.124 e. The molecule has 0 amide bonds. The quantitative estimate of drug-likeness (QED) is 0.665. The molecular weight excluding hydrogens is 343 g/mol. The Hall–Kier alpha value is -1.06. The molecule has 104 valence electrons. The van der Waals surface area contributed by atoms with Crippen LogP contribution in [0.25, 0.3) is 0 Å². The molecule has 2 aromatic carbocycles. The first-order valence-electron chi connectivity index (χ1n) is 6.43. The molecule has 0 fully saturated rings. The topological polar surface area (TPSA) is 9.23 Å². The fourth-order valence-electron chi connectivity index (χ4n) is 2.49. The summed E-state index contributed by atoms with van der Waals surface area (Å²) in [5.41, 5.74) is 3.16. The highest BCUT2D eigenvalue weighted by Crippen LogP contribution is 2.38. The normalized spacial score (nSPS) is 18.5. The summed E-state index contributed by atoms with van der Waals surface area (Å²) in [5, 5.41) is 0.428. The largest absolute Gasteiger partial charge is 0.490 e. The molecule has 1 heterocycles. The molecule has 4 heteroatoms. The van der Waals surface area contributed by atoms with Gasteiger partial charge in [-0.2, -0.15) is 0 Å². The molecule has 20 heavy (non-hydrogen) atoms. The maximum atomic E-state index is 13.1. The molecule has 0 bridgehead atoms. The van der Waals surface area contributed by atoms with Crippen molar-refractivity contribution in [3.05, 3.63) is 63.9 Å². The summed E-state index contributed by atoms with van der Waals surface area (Å²) in [6.07, 6.45) is 1.14. The van der Waals surface area contributed by atoms with Gasteiger partial charge in [0.15, 0.2) is 0 Å². The molecule has 1 aliphatic rings. The van der Waals surface area contributed by atoms with Gasteiger partial charge in [0.25, 0.3) is 0 Å². The van der Waals surface area contributed by atoms with E-state index in [0.717, 1.165) is 23.3 Å². The number of ether oxygens (including phenoxy) is 1. The fraction of sp³-hybridized carbons (Fsp3) is 0.250. The van der Waals surface area contributed by atoms with E-state index in [1.165, 1.54) is 17.7 Å². The Morgan fingerprint density at radius 3 is 2.85 bits per heavy atom. The van der Waals surface area contributed by atoms with Crippen LogP contribution in [-0.2, 0) is 6.42 Å². The first-order valence-corrected chi connectivity index (χ1v) is 7.72. The van der Waals surface area contributed by atoms with Gasteiger partial charge in [-0.25, -0.2) is 4.39 Å². The van der Waals surface area contributed by atoms with Crippen LogP contribution in [0.4, 0.5) is 4.39 Å². The highest BCUT2D eigenvalue weighted by Gasteiger charge is 2.21. The second kappa shape index (κ2) is 5.38. The minimum atomic E-state index is -0.324. The Morgan fingerprint density at radius 2 is 2.10 bits per heavy atom. The van der Waals surface area contributed by atoms with Crippen molar-refractivity contribution in [1.29, 1.82) is 0 Å². The van der Waals surface area contributed by atoms with Gasteiger partial charge in [-0.05, 0) is 41.8 Å². The molecule has 0 saturated heterocycles. The number of hydrogen-bond donors (Lipinski definition) is 0. The van der Waals surface area contributed by atoms with Crippen molar-refractivity contribution >= 4 is 27.5 Å². The smallest absolute Gasteiger partial charge is 0.124 e. The number of benzene rings is 2. The lowest BCUT2D eigenvalue weighted by Crippen LogP contribution is -2.05. The zero-order chi connectivity index (χ0) is 14.3. The van der Waals surface area contributed by atoms with Crippen molar-refractivity contribution < 1.29 is 9.13 Å². The van der Waals surface area contributed by atoms with E-state index in [2.05, 4.69) is 28.9 Å². The SMILES string of the molecule is CC1Cc2cc(C(Br)c3ccc(F)cc3Cl)ccc2O1. The molecule has 2 atom stereocenters. The molecular formula is C16H13BrClFO. The van der Waals surface area contributed by atoms with Gasteiger partial charge in [-0.15, -0.1) is 0 Å². The van der Waals surface area contributed by atoms with Crippen LogP contribution in [0.5, 0.6) is 5.75 Å². The van der Waals surface area contributed by atoms with Gasteiger partial charge < -0.3 is 4.74 Å². The van der Waals surface area contributed by atoms with Crippen molar-refractivity contribution in [3.63, 3.8) is 0 Å². The van der Waals surface area contributed by atoms with Crippen molar-refractivity contribution in [2.24, 2.45) is 0 Å². The molecule has 0 N–H and O–H groups in total. The summed E-state index contributed by atoms with van der Waals surface area (Å²) >= 11 is 9.77. The number of hydrogen-bond acceptors (Lipinski definition) is 1. The molecule has 0 aromatic heterocycles. The van der Waals surface area contributed by atoms with Crippen LogP contribution in [0.3, 0.4) is 0 Å². The Bertz CT molecular complexity index is 659. The van der Waals surface area contributed by atoms with Crippen molar-refractivity contribution in [2.75, 3.05) is 0 Å². The number of fused-ring (bicyclic) bond motifs is 1. The van der Waals surface area contributed by atoms with Gasteiger partial charge >= 0.3 is 0 Å². The first-order chi connectivity index (χ1) is 9.54. The van der Waals surface area contributed by atoms with Crippen molar-refractivity contribution in [1.82, 2.24) is 0 Å². The van der Waals surface area contributed by atoms with Crippen LogP contribution in [-0.4, -0.2) is 6.10 Å². The second-order valence-corrected chi connectivity index (χ2v) is 6.35. The lowest BCUT2D eigenvalue weighted by Gasteiger charge is -2.13. The predicted molar refractivity (Wildman–Crippen MR) is 82.4 cm³/mol. The highest BCUT2D eigenvalue weighted by atomic mass is 79.9. The number of rotatable bonds is 2. The third-order valence-corrected chi connectivity index (χ3v) is 4.80. The van der Waals surface area contributed by atoms with Gasteiger partial charge in [0.1, 0.15) is 17.7 Å². The lowest BCUT2D eigenvalue weighted by atomic mass is 10.0. The average Bonchev–Trinajstić information content (AvgIpc) is 2.77. The molecule has 0 spiro atoms. The van der Waals surface area contributed by atoms with Crippen LogP contribution in [0.15, 0.2) is 36.4 Å². The standard InChI is InChI=1S/C16H13BrClFO/c1-9-6-11-7-10(2-5-15(11)20-9)16(17)13-4-3-12(19)8-14(13)18/h2-5,7-9,16H,6H2,1H3. The fourth-order valence-corrected chi connectivity index (χ4v) is 3.58. The summed E-state index contributed by atoms with van der Waals surface area (Å²) in [6.45, 7) is 2.06. The average molecular weight is 356 g/mol. The monoisotopic (exact) mass is 354 g/mol. The van der Waals surface area contributed by atoms with E-state index in [4.69, 9.17) is 16.3 Å². The van der Waals surface area contributed by atoms with Crippen molar-refractivity contribution in [3.8, 4) is 5.75 Å². The number of halogens is 3. The van der Waals surface area contributed by atoms with Gasteiger partial charge in [-0.3, -0.25) is 0 Å². The summed E-state index contributed by atoms with van der Waals surface area (Å²) < 4.78 is 18.8. The summed E-state index contributed by atoms with van der Waals surface area (Å²) in [7, 11) is 0. The Labute approximate surface area is 130 Å². The van der Waals surface area contributed by atoms with Crippen LogP contribution in [0, 0.1) is 5.82 Å². The number of alkyl halides is 1. The maximum absolute atomic E-state index is 13.1. The molecule has 2 unspecified atom stereocenters. The minimum absolute atomic E-state index is 0.0585. The van der Waals surface area contributed by atoms with E-state index in [1.54, 1.807) is 6.07 Å². The van der Waals surface area contributed by atoms with E-state index in [0.29, 0.717) is 5.02 Å². The Kier molecular flexibility index (Phi) is 3.74. The molecule has 0 aliphatic carbocycles. The summed E-state index contributed by atoms with van der Waals surface area (Å²) in [5.74, 6) is 0.626. The van der Waals surface area contributed by atoms with Crippen LogP contribution in [0.2, 0.25) is 5.02 Å². The van der Waals surface area contributed by atoms with Gasteiger partial charge in [0.05, 0.1) is 4.83 Å². The third kappa shape index (κ3) is 2.57. The zero-order valence-corrected chi connectivity index (χ0v) is 13.2. The first kappa shape index (κ1) is 13.9. The predicted octanol–water partition coefficient (Wildman–Crippen LogP) is 5.29. The second-order valence-electron chi connectivity index (χ2n) is 5.03. The van der Waals surface area contributed by atoms with Gasteiger partial charge in [0, 0.05) is 11.4 Å². The molecule has 2 aromatic rings. The van der Waals surface area contributed by atoms with E-state index in [9.17, 15) is 4.39 Å². The van der Waals surface area contributed by atoms with E-state index >= 15 is 0 Å². The third-order valence-electron chi connectivity index (χ3n) is 3.45. The molecule has 1 aliphatic heterocycles. The molecule has 0 saturated carbocycles. The lowest BCUT2D eigenvalue weighted by molar-refractivity contribution is 0.254. The summed E-state index contributed by atoms with van der Waals surface area (Å²) in [6, 6.07) is 10.6. The van der Waals surface area contributed by atoms with Crippen LogP contribution < -0.4 is 4.74 Å². The van der Waals surface area contributed by atoms with E-state index in [1.807, 2.05) is 12.1 Å². The molecule has 0 radical (unpaired) electrons. The van der Waals surface area contributed by atoms with E-state index < -0.39 is 0 Å². The van der Waals surface area contributed by atoms with Gasteiger partial charge in [-0.1, -0.05) is 45.7 Å². The summed E-state index contributed by atoms with van der Waals surface area (Å²) in [4.78, 5) is -0.0585. The van der Waals surface area contributed by atoms with Gasteiger partial charge in [0.2, 0.25) is 0 Å². The zero-order valence-electron chi connectivity index (χ0n) is 10.9. The Morgan fingerprint density at radius 1 is 1.30 bits per heavy atom. The molecule has 3 rings (SSSR count). The van der Waals surface area contributed by atoms with E-state index in [-0.39, 0.29) is 16.7 Å². The highest BCUT2D eigenvalue weighted by molar-refractivity contribution is 9.09.